The van der Waals surface area contributed by atoms with Crippen LogP contribution in [0.5, 0.6) is 5.75 Å². The number of benzene rings is 1. The van der Waals surface area contributed by atoms with Crippen LogP contribution < -0.4 is 4.74 Å². The molecule has 0 aliphatic carbocycles. The van der Waals surface area contributed by atoms with Gasteiger partial charge in [-0.2, -0.15) is 0 Å². The highest BCUT2D eigenvalue weighted by atomic mass is 16.6. The monoisotopic (exact) mass is 442 g/mol. The number of ether oxygens (including phenoxy) is 6. The molecule has 0 heterocycles. The van der Waals surface area contributed by atoms with Crippen LogP contribution in [-0.4, -0.2) is 83.8 Å². The van der Waals surface area contributed by atoms with E-state index in [0.29, 0.717) is 59.5 Å². The van der Waals surface area contributed by atoms with Gasteiger partial charge >= 0.3 is 5.97 Å². The third-order valence-corrected chi connectivity index (χ3v) is 4.25. The lowest BCUT2D eigenvalue weighted by atomic mass is 9.86. The summed E-state index contributed by atoms with van der Waals surface area (Å²) in [4.78, 5) is 10.2. The second-order valence-corrected chi connectivity index (χ2v) is 7.97. The Morgan fingerprint density at radius 2 is 1.23 bits per heavy atom. The van der Waals surface area contributed by atoms with E-state index in [1.807, 2.05) is 6.92 Å². The molecule has 0 atom stereocenters. The smallest absolute Gasteiger partial charge is 0.329 e. The van der Waals surface area contributed by atoms with Crippen LogP contribution in [0.1, 0.15) is 31.9 Å². The number of aryl methyl sites for hydroxylation is 1. The molecule has 0 saturated carbocycles. The SMILES string of the molecule is Cc1ccc(C(C)(C)C)cc1OCCOCCOCCOCCOCCOCC(=O)O. The summed E-state index contributed by atoms with van der Waals surface area (Å²) < 4.78 is 32.3. The Balaban J connectivity index is 1.91. The van der Waals surface area contributed by atoms with Gasteiger partial charge in [-0.25, -0.2) is 4.79 Å². The van der Waals surface area contributed by atoms with Gasteiger partial charge in [-0.05, 0) is 29.5 Å². The van der Waals surface area contributed by atoms with Crippen molar-refractivity contribution in [2.75, 3.05) is 72.7 Å². The van der Waals surface area contributed by atoms with Gasteiger partial charge in [0.15, 0.2) is 0 Å². The fourth-order valence-corrected chi connectivity index (χ4v) is 2.47. The molecule has 8 nitrogen and oxygen atoms in total. The highest BCUT2D eigenvalue weighted by Gasteiger charge is 2.15. The predicted octanol–water partition coefficient (Wildman–Crippen LogP) is 2.84. The molecular weight excluding hydrogens is 404 g/mol. The first-order valence-corrected chi connectivity index (χ1v) is 10.6. The molecule has 0 radical (unpaired) electrons. The Bertz CT molecular complexity index is 612. The first-order chi connectivity index (χ1) is 14.8. The lowest BCUT2D eigenvalue weighted by Gasteiger charge is -2.21. The predicted molar refractivity (Wildman–Crippen MR) is 117 cm³/mol. The molecule has 1 aromatic rings. The Hall–Kier alpha value is -1.71. The maximum atomic E-state index is 10.2. The fourth-order valence-electron chi connectivity index (χ4n) is 2.47. The zero-order chi connectivity index (χ0) is 23.0. The molecule has 0 saturated heterocycles. The van der Waals surface area contributed by atoms with Crippen LogP contribution in [0.15, 0.2) is 18.2 Å². The van der Waals surface area contributed by atoms with E-state index in [1.54, 1.807) is 0 Å². The highest BCUT2D eigenvalue weighted by Crippen LogP contribution is 2.28. The number of carboxylic acids is 1. The Morgan fingerprint density at radius 1 is 0.774 bits per heavy atom. The summed E-state index contributed by atoms with van der Waals surface area (Å²) in [6.07, 6.45) is 0. The molecular formula is C23H38O8. The number of carbonyl (C=O) groups is 1. The van der Waals surface area contributed by atoms with Crippen LogP contribution in [0.2, 0.25) is 0 Å². The van der Waals surface area contributed by atoms with E-state index in [4.69, 9.17) is 33.5 Å². The zero-order valence-electron chi connectivity index (χ0n) is 19.3. The van der Waals surface area contributed by atoms with Crippen LogP contribution in [0, 0.1) is 6.92 Å². The van der Waals surface area contributed by atoms with E-state index in [1.165, 1.54) is 5.56 Å². The van der Waals surface area contributed by atoms with Crippen molar-refractivity contribution in [1.29, 1.82) is 0 Å². The molecule has 1 aromatic carbocycles. The van der Waals surface area contributed by atoms with Crippen molar-refractivity contribution in [1.82, 2.24) is 0 Å². The molecule has 0 amide bonds. The maximum Gasteiger partial charge on any atom is 0.329 e. The van der Waals surface area contributed by atoms with Gasteiger partial charge in [0.1, 0.15) is 19.0 Å². The summed E-state index contributed by atoms with van der Waals surface area (Å²) in [5, 5.41) is 8.40. The minimum absolute atomic E-state index is 0.0919. The standard InChI is InChI=1S/C23H38O8/c1-19-5-6-20(23(2,3)4)17-21(19)31-16-15-29-12-11-27-8-7-26-9-10-28-13-14-30-18-22(24)25/h5-6,17H,7-16,18H2,1-4H3,(H,24,25). The molecule has 0 bridgehead atoms. The number of carboxylic acid groups (broad SMARTS) is 1. The second kappa shape index (κ2) is 16.0. The summed E-state index contributed by atoms with van der Waals surface area (Å²) in [5.74, 6) is -0.0831. The third-order valence-electron chi connectivity index (χ3n) is 4.25. The van der Waals surface area contributed by atoms with Crippen molar-refractivity contribution in [2.45, 2.75) is 33.1 Å². The summed E-state index contributed by atoms with van der Waals surface area (Å²) in [6, 6.07) is 6.35. The summed E-state index contributed by atoms with van der Waals surface area (Å²) in [7, 11) is 0. The number of rotatable bonds is 18. The molecule has 31 heavy (non-hydrogen) atoms. The van der Waals surface area contributed by atoms with E-state index >= 15 is 0 Å². The molecule has 1 rings (SSSR count). The largest absolute Gasteiger partial charge is 0.491 e. The number of hydrogen-bond acceptors (Lipinski definition) is 7. The van der Waals surface area contributed by atoms with Gasteiger partial charge in [0.2, 0.25) is 0 Å². The molecule has 0 fully saturated rings. The zero-order valence-corrected chi connectivity index (χ0v) is 19.3. The summed E-state index contributed by atoms with van der Waals surface area (Å²) in [5.41, 5.74) is 2.46. The third kappa shape index (κ3) is 14.1. The van der Waals surface area contributed by atoms with E-state index in [9.17, 15) is 4.79 Å². The number of hydrogen-bond donors (Lipinski definition) is 1. The van der Waals surface area contributed by atoms with E-state index in [0.717, 1.165) is 11.3 Å². The average molecular weight is 443 g/mol. The van der Waals surface area contributed by atoms with Gasteiger partial charge in [-0.1, -0.05) is 32.9 Å². The summed E-state index contributed by atoms with van der Waals surface area (Å²) >= 11 is 0. The van der Waals surface area contributed by atoms with Crippen LogP contribution in [0.4, 0.5) is 0 Å². The highest BCUT2D eigenvalue weighted by molar-refractivity contribution is 5.67. The average Bonchev–Trinajstić information content (AvgIpc) is 2.70. The summed E-state index contributed by atoms with van der Waals surface area (Å²) in [6.45, 7) is 12.7. The van der Waals surface area contributed by atoms with Crippen molar-refractivity contribution >= 4 is 5.97 Å². The van der Waals surface area contributed by atoms with Crippen LogP contribution in [0.25, 0.3) is 0 Å². The number of aliphatic carboxylic acids is 1. The van der Waals surface area contributed by atoms with Crippen molar-refractivity contribution in [3.63, 3.8) is 0 Å². The van der Waals surface area contributed by atoms with Gasteiger partial charge < -0.3 is 33.5 Å². The van der Waals surface area contributed by atoms with Gasteiger partial charge in [-0.3, -0.25) is 0 Å². The molecule has 0 spiro atoms. The Morgan fingerprint density at radius 3 is 1.68 bits per heavy atom. The lowest BCUT2D eigenvalue weighted by Crippen LogP contribution is -2.15. The van der Waals surface area contributed by atoms with E-state index in [-0.39, 0.29) is 18.6 Å². The van der Waals surface area contributed by atoms with Crippen LogP contribution in [0.3, 0.4) is 0 Å². The normalized spacial score (nSPS) is 11.6. The molecule has 0 aliphatic rings. The second-order valence-electron chi connectivity index (χ2n) is 7.97. The van der Waals surface area contributed by atoms with Gasteiger partial charge in [0.25, 0.3) is 0 Å². The van der Waals surface area contributed by atoms with Crippen LogP contribution >= 0.6 is 0 Å². The van der Waals surface area contributed by atoms with Gasteiger partial charge in [0, 0.05) is 0 Å². The Labute approximate surface area is 185 Å². The quantitative estimate of drug-likeness (QED) is 0.347. The van der Waals surface area contributed by atoms with E-state index in [2.05, 4.69) is 39.0 Å². The lowest BCUT2D eigenvalue weighted by molar-refractivity contribution is -0.142. The van der Waals surface area contributed by atoms with E-state index < -0.39 is 5.97 Å². The van der Waals surface area contributed by atoms with Gasteiger partial charge in [-0.15, -0.1) is 0 Å². The topological polar surface area (TPSA) is 92.7 Å². The minimum atomic E-state index is -0.987. The molecule has 0 aromatic heterocycles. The van der Waals surface area contributed by atoms with Crippen LogP contribution in [-0.2, 0) is 33.9 Å². The van der Waals surface area contributed by atoms with Crippen molar-refractivity contribution in [2.24, 2.45) is 0 Å². The van der Waals surface area contributed by atoms with Crippen molar-refractivity contribution in [3.8, 4) is 5.75 Å². The first-order valence-electron chi connectivity index (χ1n) is 10.6. The first kappa shape index (κ1) is 27.3. The molecule has 1 N–H and O–H groups in total. The van der Waals surface area contributed by atoms with Crippen molar-refractivity contribution in [3.05, 3.63) is 29.3 Å². The molecule has 178 valence electrons. The fraction of sp³-hybridized carbons (Fsp3) is 0.696. The minimum Gasteiger partial charge on any atom is -0.491 e. The molecule has 8 heteroatoms. The molecule has 0 aliphatic heterocycles. The maximum absolute atomic E-state index is 10.2. The van der Waals surface area contributed by atoms with Crippen molar-refractivity contribution < 1.29 is 38.3 Å². The Kier molecular flexibility index (Phi) is 14.1. The molecule has 0 unspecified atom stereocenters. The van der Waals surface area contributed by atoms with Gasteiger partial charge in [0.05, 0.1) is 59.5 Å².